The highest BCUT2D eigenvalue weighted by atomic mass is 16.6. The Hall–Kier alpha value is -1.71. The second-order valence-corrected chi connectivity index (χ2v) is 6.00. The number of nitrogens with zero attached hydrogens (tertiary/aromatic N) is 1. The lowest BCUT2D eigenvalue weighted by Gasteiger charge is -2.30. The molecule has 0 aromatic heterocycles. The quantitative estimate of drug-likeness (QED) is 0.780. The molecule has 19 heavy (non-hydrogen) atoms. The van der Waals surface area contributed by atoms with Crippen LogP contribution in [-0.4, -0.2) is 29.2 Å². The van der Waals surface area contributed by atoms with E-state index in [4.69, 9.17) is 4.74 Å². The van der Waals surface area contributed by atoms with Gasteiger partial charge in [0.1, 0.15) is 5.60 Å². The minimum atomic E-state index is -0.462. The van der Waals surface area contributed by atoms with E-state index in [1.165, 1.54) is 0 Å². The molecule has 0 radical (unpaired) electrons. The van der Waals surface area contributed by atoms with Gasteiger partial charge >= 0.3 is 6.09 Å². The van der Waals surface area contributed by atoms with Gasteiger partial charge in [0.05, 0.1) is 6.54 Å². The maximum atomic E-state index is 12.3. The van der Waals surface area contributed by atoms with Gasteiger partial charge in [-0.25, -0.2) is 4.79 Å². The third-order valence-electron chi connectivity index (χ3n) is 3.11. The van der Waals surface area contributed by atoms with Gasteiger partial charge in [-0.3, -0.25) is 4.90 Å². The third-order valence-corrected chi connectivity index (χ3v) is 3.11. The zero-order valence-electron chi connectivity index (χ0n) is 12.1. The molecule has 1 N–H and O–H groups in total. The van der Waals surface area contributed by atoms with Crippen LogP contribution in [0.25, 0.3) is 0 Å². The van der Waals surface area contributed by atoms with Crippen LogP contribution >= 0.6 is 0 Å². The zero-order chi connectivity index (χ0) is 14.0. The smallest absolute Gasteiger partial charge is 0.410 e. The molecule has 1 amide bonds. The maximum Gasteiger partial charge on any atom is 0.410 e. The van der Waals surface area contributed by atoms with E-state index >= 15 is 0 Å². The predicted octanol–water partition coefficient (Wildman–Crippen LogP) is 3.24. The van der Waals surface area contributed by atoms with E-state index in [2.05, 4.69) is 5.32 Å². The Labute approximate surface area is 114 Å². The Morgan fingerprint density at radius 3 is 2.74 bits per heavy atom. The van der Waals surface area contributed by atoms with Gasteiger partial charge in [-0.05, 0) is 39.3 Å². The van der Waals surface area contributed by atoms with Crippen molar-refractivity contribution >= 4 is 11.8 Å². The van der Waals surface area contributed by atoms with Crippen LogP contribution < -0.4 is 5.32 Å². The molecule has 1 heterocycles. The van der Waals surface area contributed by atoms with Crippen LogP contribution in [0.3, 0.4) is 0 Å². The van der Waals surface area contributed by atoms with Crippen LogP contribution in [-0.2, 0) is 11.3 Å². The van der Waals surface area contributed by atoms with Crippen LogP contribution in [0.2, 0.25) is 0 Å². The Morgan fingerprint density at radius 1 is 1.37 bits per heavy atom. The summed E-state index contributed by atoms with van der Waals surface area (Å²) in [4.78, 5) is 14.0. The lowest BCUT2D eigenvalue weighted by Crippen LogP contribution is -2.43. The van der Waals surface area contributed by atoms with E-state index in [0.717, 1.165) is 17.8 Å². The molecule has 0 aliphatic carbocycles. The molecule has 1 atom stereocenters. The van der Waals surface area contributed by atoms with Crippen molar-refractivity contribution in [2.75, 3.05) is 11.9 Å². The Morgan fingerprint density at radius 2 is 2.05 bits per heavy atom. The first-order valence-electron chi connectivity index (χ1n) is 6.68. The van der Waals surface area contributed by atoms with Crippen molar-refractivity contribution < 1.29 is 9.53 Å². The molecule has 0 bridgehead atoms. The van der Waals surface area contributed by atoms with E-state index < -0.39 is 5.60 Å². The van der Waals surface area contributed by atoms with Crippen LogP contribution in [0.4, 0.5) is 10.5 Å². The van der Waals surface area contributed by atoms with Crippen LogP contribution in [0.5, 0.6) is 0 Å². The Balaban J connectivity index is 2.19. The fourth-order valence-electron chi connectivity index (χ4n) is 2.10. The summed E-state index contributed by atoms with van der Waals surface area (Å²) in [6, 6.07) is 8.17. The van der Waals surface area contributed by atoms with E-state index in [1.54, 1.807) is 4.90 Å². The van der Waals surface area contributed by atoms with Crippen molar-refractivity contribution in [3.05, 3.63) is 29.8 Å². The Kier molecular flexibility index (Phi) is 3.69. The van der Waals surface area contributed by atoms with Crippen LogP contribution in [0, 0.1) is 0 Å². The number of para-hydroxylation sites is 1. The molecule has 4 heteroatoms. The number of benzene rings is 1. The summed E-state index contributed by atoms with van der Waals surface area (Å²) in [5.74, 6) is 0. The molecule has 1 aliphatic heterocycles. The number of anilines is 1. The number of ether oxygens (including phenoxy) is 1. The molecule has 2 rings (SSSR count). The summed E-state index contributed by atoms with van der Waals surface area (Å²) >= 11 is 0. The van der Waals surface area contributed by atoms with E-state index in [9.17, 15) is 4.79 Å². The summed E-state index contributed by atoms with van der Waals surface area (Å²) in [5, 5.41) is 3.37. The van der Waals surface area contributed by atoms with Crippen molar-refractivity contribution in [3.8, 4) is 0 Å². The molecular weight excluding hydrogens is 240 g/mol. The number of carbonyl (C=O) groups excluding carboxylic acids is 1. The van der Waals surface area contributed by atoms with Crippen molar-refractivity contribution in [1.29, 1.82) is 0 Å². The van der Waals surface area contributed by atoms with Crippen molar-refractivity contribution in [2.24, 2.45) is 0 Å². The van der Waals surface area contributed by atoms with Crippen molar-refractivity contribution in [1.82, 2.24) is 4.90 Å². The summed E-state index contributed by atoms with van der Waals surface area (Å²) in [5.41, 5.74) is 1.76. The maximum absolute atomic E-state index is 12.3. The number of hydrogen-bond donors (Lipinski definition) is 1. The van der Waals surface area contributed by atoms with Crippen LogP contribution in [0.15, 0.2) is 24.3 Å². The first-order chi connectivity index (χ1) is 8.87. The molecule has 1 aliphatic rings. The number of nitrogens with one attached hydrogen (secondary N) is 1. The highest BCUT2D eigenvalue weighted by Crippen LogP contribution is 2.23. The molecular formula is C15H22N2O2. The predicted molar refractivity (Wildman–Crippen MR) is 76.2 cm³/mol. The number of hydrogen-bond acceptors (Lipinski definition) is 3. The van der Waals surface area contributed by atoms with Crippen molar-refractivity contribution in [2.45, 2.75) is 45.9 Å². The van der Waals surface area contributed by atoms with Gasteiger partial charge in [-0.2, -0.15) is 0 Å². The van der Waals surface area contributed by atoms with Gasteiger partial charge in [0.2, 0.25) is 0 Å². The van der Waals surface area contributed by atoms with Crippen molar-refractivity contribution in [3.63, 3.8) is 0 Å². The lowest BCUT2D eigenvalue weighted by atomic mass is 10.1. The summed E-state index contributed by atoms with van der Waals surface area (Å²) in [6.45, 7) is 9.01. The first kappa shape index (κ1) is 13.7. The molecule has 1 aromatic carbocycles. The van der Waals surface area contributed by atoms with E-state index in [-0.39, 0.29) is 12.1 Å². The molecule has 0 saturated heterocycles. The highest BCUT2D eigenvalue weighted by Gasteiger charge is 2.28. The monoisotopic (exact) mass is 262 g/mol. The van der Waals surface area contributed by atoms with E-state index in [0.29, 0.717) is 6.54 Å². The second-order valence-electron chi connectivity index (χ2n) is 6.00. The van der Waals surface area contributed by atoms with Gasteiger partial charge in [-0.1, -0.05) is 18.2 Å². The second kappa shape index (κ2) is 5.11. The molecule has 0 fully saturated rings. The molecule has 0 spiro atoms. The summed E-state index contributed by atoms with van der Waals surface area (Å²) in [7, 11) is 0. The van der Waals surface area contributed by atoms with Gasteiger partial charge in [0.25, 0.3) is 0 Å². The largest absolute Gasteiger partial charge is 0.444 e. The van der Waals surface area contributed by atoms with E-state index in [1.807, 2.05) is 52.0 Å². The van der Waals surface area contributed by atoms with Crippen LogP contribution in [0.1, 0.15) is 33.3 Å². The average molecular weight is 262 g/mol. The Bertz CT molecular complexity index is 465. The topological polar surface area (TPSA) is 41.6 Å². The number of amides is 1. The fraction of sp³-hybridized carbons (Fsp3) is 0.533. The number of carbonyl (C=O) groups is 1. The highest BCUT2D eigenvalue weighted by molar-refractivity contribution is 5.69. The average Bonchev–Trinajstić information content (AvgIpc) is 2.47. The summed E-state index contributed by atoms with van der Waals surface area (Å²) < 4.78 is 5.48. The minimum Gasteiger partial charge on any atom is -0.444 e. The minimum absolute atomic E-state index is 0.0993. The van der Waals surface area contributed by atoms with Gasteiger partial charge in [-0.15, -0.1) is 0 Å². The number of fused-ring (bicyclic) bond motifs is 1. The van der Waals surface area contributed by atoms with Gasteiger partial charge in [0, 0.05) is 18.3 Å². The van der Waals surface area contributed by atoms with Gasteiger partial charge in [0.15, 0.2) is 0 Å². The molecule has 104 valence electrons. The fourth-order valence-corrected chi connectivity index (χ4v) is 2.10. The number of rotatable bonds is 0. The summed E-state index contributed by atoms with van der Waals surface area (Å²) in [6.07, 6.45) is -0.251. The standard InChI is InChI=1S/C15H22N2O2/c1-11-9-16-13-8-6-5-7-12(13)10-17(11)14(18)19-15(2,3)4/h5-8,11,16H,9-10H2,1-4H3. The molecule has 1 aromatic rings. The molecule has 1 unspecified atom stereocenters. The SMILES string of the molecule is CC1CNc2ccccc2CN1C(=O)OC(C)(C)C. The first-order valence-corrected chi connectivity index (χ1v) is 6.68. The molecule has 0 saturated carbocycles. The lowest BCUT2D eigenvalue weighted by molar-refractivity contribution is 0.0172. The van der Waals surface area contributed by atoms with Gasteiger partial charge < -0.3 is 10.1 Å². The zero-order valence-corrected chi connectivity index (χ0v) is 12.1. The molecule has 4 nitrogen and oxygen atoms in total. The normalized spacial score (nSPS) is 19.2. The third kappa shape index (κ3) is 3.40.